The number of aromatic nitrogens is 2. The van der Waals surface area contributed by atoms with Crippen molar-refractivity contribution in [2.75, 3.05) is 9.80 Å². The number of hydrogen-bond acceptors (Lipinski definition) is 2. The molecule has 9 rings (SSSR count). The minimum atomic E-state index is 1.11. The number of para-hydroxylation sites is 8. The van der Waals surface area contributed by atoms with Crippen LogP contribution in [0.3, 0.4) is 0 Å². The van der Waals surface area contributed by atoms with E-state index in [0.717, 1.165) is 67.6 Å². The summed E-state index contributed by atoms with van der Waals surface area (Å²) in [6.45, 7) is 0. The molecule has 1 aliphatic heterocycles. The van der Waals surface area contributed by atoms with Crippen molar-refractivity contribution >= 4 is 56.2 Å². The third-order valence-corrected chi connectivity index (χ3v) is 8.82. The second-order valence-electron chi connectivity index (χ2n) is 11.5. The van der Waals surface area contributed by atoms with Gasteiger partial charge in [0.05, 0.1) is 22.7 Å². The van der Waals surface area contributed by atoms with Crippen molar-refractivity contribution in [1.82, 2.24) is 0 Å². The molecule has 1 aliphatic rings. The molecular weight excluding hydrogens is 560 g/mol. The van der Waals surface area contributed by atoms with Crippen molar-refractivity contribution in [3.8, 4) is 11.4 Å². The first kappa shape index (κ1) is 26.2. The van der Waals surface area contributed by atoms with Crippen LogP contribution in [0.2, 0.25) is 0 Å². The Balaban J connectivity index is 1.49. The molecule has 0 spiro atoms. The van der Waals surface area contributed by atoms with Crippen LogP contribution in [-0.2, 0) is 0 Å². The third-order valence-electron chi connectivity index (χ3n) is 8.82. The van der Waals surface area contributed by atoms with Crippen LogP contribution in [0.1, 0.15) is 0 Å². The highest BCUT2D eigenvalue weighted by Gasteiger charge is 2.37. The number of nitrogens with zero attached hydrogens (tertiary/aromatic N) is 4. The Morgan fingerprint density at radius 3 is 1.00 bits per heavy atom. The molecule has 2 heterocycles. The summed E-state index contributed by atoms with van der Waals surface area (Å²) in [6, 6.07) is 64.9. The number of hydrogen-bond donors (Lipinski definition) is 0. The fourth-order valence-electron chi connectivity index (χ4n) is 6.90. The zero-order chi connectivity index (χ0) is 30.5. The predicted octanol–water partition coefficient (Wildman–Crippen LogP) is 9.80. The van der Waals surface area contributed by atoms with Crippen LogP contribution in [0, 0.1) is 0 Å². The SMILES string of the molecule is c1ccc(N2c3ccccc3N(c3ccccc3)c3cc4c(cc32)[n+](-c2ccccc2)c2ccccc2[n+]4-c2ccccc2)cc1. The lowest BCUT2D eigenvalue weighted by atomic mass is 10.0. The van der Waals surface area contributed by atoms with Gasteiger partial charge < -0.3 is 9.80 Å². The first-order valence-corrected chi connectivity index (χ1v) is 15.6. The maximum absolute atomic E-state index is 2.40. The fourth-order valence-corrected chi connectivity index (χ4v) is 6.90. The first-order chi connectivity index (χ1) is 22.9. The van der Waals surface area contributed by atoms with Crippen molar-refractivity contribution in [2.45, 2.75) is 0 Å². The summed E-state index contributed by atoms with van der Waals surface area (Å²) in [5.41, 5.74) is 13.4. The molecule has 0 radical (unpaired) electrons. The second-order valence-corrected chi connectivity index (χ2v) is 11.5. The van der Waals surface area contributed by atoms with Gasteiger partial charge in [-0.3, -0.25) is 0 Å². The Labute approximate surface area is 267 Å². The average Bonchev–Trinajstić information content (AvgIpc) is 3.13. The van der Waals surface area contributed by atoms with E-state index in [9.17, 15) is 0 Å². The number of rotatable bonds is 4. The quantitative estimate of drug-likeness (QED) is 0.150. The largest absolute Gasteiger partial charge is 0.306 e. The van der Waals surface area contributed by atoms with E-state index >= 15 is 0 Å². The molecule has 0 saturated carbocycles. The molecule has 4 nitrogen and oxygen atoms in total. The Hall–Kier alpha value is -6.26. The van der Waals surface area contributed by atoms with Crippen molar-refractivity contribution in [2.24, 2.45) is 0 Å². The van der Waals surface area contributed by atoms with E-state index in [0.29, 0.717) is 0 Å². The van der Waals surface area contributed by atoms with Crippen LogP contribution < -0.4 is 18.9 Å². The highest BCUT2D eigenvalue weighted by atomic mass is 15.3. The van der Waals surface area contributed by atoms with Gasteiger partial charge in [-0.2, -0.15) is 0 Å². The lowest BCUT2D eigenvalue weighted by Crippen LogP contribution is -2.43. The van der Waals surface area contributed by atoms with E-state index in [1.54, 1.807) is 0 Å². The topological polar surface area (TPSA) is 14.2 Å². The van der Waals surface area contributed by atoms with Crippen molar-refractivity contribution < 1.29 is 9.13 Å². The molecule has 0 saturated heterocycles. The lowest BCUT2D eigenvalue weighted by Gasteiger charge is -2.40. The zero-order valence-corrected chi connectivity index (χ0v) is 25.1. The Morgan fingerprint density at radius 2 is 0.609 bits per heavy atom. The highest BCUT2D eigenvalue weighted by molar-refractivity contribution is 6.04. The van der Waals surface area contributed by atoms with Crippen molar-refractivity contribution in [3.63, 3.8) is 0 Å². The Bertz CT molecular complexity index is 2190. The van der Waals surface area contributed by atoms with Crippen LogP contribution in [-0.4, -0.2) is 0 Å². The van der Waals surface area contributed by atoms with Crippen molar-refractivity contribution in [1.29, 1.82) is 0 Å². The van der Waals surface area contributed by atoms with Crippen molar-refractivity contribution in [3.05, 3.63) is 182 Å². The lowest BCUT2D eigenvalue weighted by molar-refractivity contribution is -0.581. The van der Waals surface area contributed by atoms with Crippen LogP contribution in [0.5, 0.6) is 0 Å². The normalized spacial score (nSPS) is 12.3. The number of benzene rings is 7. The van der Waals surface area contributed by atoms with Gasteiger partial charge in [0.25, 0.3) is 22.1 Å². The Morgan fingerprint density at radius 1 is 0.283 bits per heavy atom. The van der Waals surface area contributed by atoms with Gasteiger partial charge in [0.2, 0.25) is 11.4 Å². The predicted molar refractivity (Wildman–Crippen MR) is 187 cm³/mol. The maximum atomic E-state index is 2.40. The summed E-state index contributed by atoms with van der Waals surface area (Å²) in [5, 5.41) is 0. The molecular formula is C42H30N4+2. The zero-order valence-electron chi connectivity index (χ0n) is 25.1. The van der Waals surface area contributed by atoms with Crippen LogP contribution in [0.15, 0.2) is 182 Å². The molecule has 46 heavy (non-hydrogen) atoms. The molecule has 0 atom stereocenters. The smallest absolute Gasteiger partial charge is 0.286 e. The van der Waals surface area contributed by atoms with E-state index in [-0.39, 0.29) is 0 Å². The summed E-state index contributed by atoms with van der Waals surface area (Å²) < 4.78 is 4.81. The average molecular weight is 591 g/mol. The van der Waals surface area contributed by atoms with Gasteiger partial charge in [0.1, 0.15) is 0 Å². The number of fused-ring (bicyclic) bond motifs is 4. The fraction of sp³-hybridized carbons (Fsp3) is 0. The van der Waals surface area contributed by atoms with Gasteiger partial charge in [-0.1, -0.05) is 97.1 Å². The summed E-state index contributed by atoms with van der Waals surface area (Å²) in [4.78, 5) is 4.81. The van der Waals surface area contributed by atoms with E-state index in [2.05, 4.69) is 201 Å². The molecule has 0 fully saturated rings. The summed E-state index contributed by atoms with van der Waals surface area (Å²) >= 11 is 0. The van der Waals surface area contributed by atoms with E-state index < -0.39 is 0 Å². The Kier molecular flexibility index (Phi) is 6.10. The van der Waals surface area contributed by atoms with E-state index in [1.807, 2.05) is 0 Å². The molecule has 0 unspecified atom stereocenters. The van der Waals surface area contributed by atoms with Crippen LogP contribution in [0.4, 0.5) is 34.1 Å². The van der Waals surface area contributed by atoms with Gasteiger partial charge in [-0.25, -0.2) is 0 Å². The summed E-state index contributed by atoms with van der Waals surface area (Å²) in [7, 11) is 0. The van der Waals surface area contributed by atoms with E-state index in [1.165, 1.54) is 0 Å². The molecule has 216 valence electrons. The molecule has 0 aliphatic carbocycles. The van der Waals surface area contributed by atoms with Gasteiger partial charge in [0.15, 0.2) is 0 Å². The van der Waals surface area contributed by atoms with Gasteiger partial charge in [-0.05, 0) is 36.4 Å². The maximum Gasteiger partial charge on any atom is 0.286 e. The van der Waals surface area contributed by atoms with Crippen LogP contribution >= 0.6 is 0 Å². The molecule has 4 heteroatoms. The third kappa shape index (κ3) is 4.08. The minimum absolute atomic E-state index is 1.11. The standard InChI is InChI=1S/C42H30N4/c1-5-17-31(18-6-1)43-35-25-13-14-26-36(35)44(32-19-7-2-8-20-32)40-30-42-41(29-39(40)43)45(33-21-9-3-10-22-33)37-27-15-16-28-38(37)46(42)34-23-11-4-12-24-34/h1-30H/q+2. The molecule has 0 bridgehead atoms. The first-order valence-electron chi connectivity index (χ1n) is 15.6. The van der Waals surface area contributed by atoms with Gasteiger partial charge in [0, 0.05) is 59.9 Å². The molecule has 0 N–H and O–H groups in total. The van der Waals surface area contributed by atoms with Gasteiger partial charge in [-0.15, -0.1) is 9.13 Å². The monoisotopic (exact) mass is 590 g/mol. The summed E-state index contributed by atoms with van der Waals surface area (Å²) in [6.07, 6.45) is 0. The molecule has 0 amide bonds. The minimum Gasteiger partial charge on any atom is -0.306 e. The highest BCUT2D eigenvalue weighted by Crippen LogP contribution is 2.54. The van der Waals surface area contributed by atoms with Gasteiger partial charge >= 0.3 is 0 Å². The molecule has 8 aromatic rings. The number of anilines is 6. The molecule has 1 aromatic heterocycles. The molecule has 7 aromatic carbocycles. The second kappa shape index (κ2) is 10.7. The van der Waals surface area contributed by atoms with Crippen LogP contribution in [0.25, 0.3) is 33.4 Å². The van der Waals surface area contributed by atoms with E-state index in [4.69, 9.17) is 0 Å². The summed E-state index contributed by atoms with van der Waals surface area (Å²) in [5.74, 6) is 0.